The number of hydrogen-bond acceptors (Lipinski definition) is 6. The molecular weight excluding hydrogens is 310 g/mol. The molecule has 126 valence electrons. The summed E-state index contributed by atoms with van der Waals surface area (Å²) in [5.41, 5.74) is 0.569. The smallest absolute Gasteiger partial charge is 0.339 e. The number of aromatic nitrogens is 2. The lowest BCUT2D eigenvalue weighted by atomic mass is 10.1. The van der Waals surface area contributed by atoms with Crippen molar-refractivity contribution in [1.82, 2.24) is 9.97 Å². The maximum absolute atomic E-state index is 12.2. The van der Waals surface area contributed by atoms with Crippen molar-refractivity contribution < 1.29 is 9.53 Å². The zero-order chi connectivity index (χ0) is 17.0. The van der Waals surface area contributed by atoms with Crippen molar-refractivity contribution in [3.8, 4) is 0 Å². The molecule has 2 heterocycles. The SMILES string of the molecule is CCOC(=O)c1csc2ncnc(N(CC(C)C)CC(C)C)c12. The lowest BCUT2D eigenvalue weighted by Crippen LogP contribution is -2.32. The van der Waals surface area contributed by atoms with E-state index in [1.165, 1.54) is 11.3 Å². The molecule has 0 saturated carbocycles. The molecule has 0 N–H and O–H groups in total. The van der Waals surface area contributed by atoms with Crippen molar-refractivity contribution in [3.05, 3.63) is 17.3 Å². The fourth-order valence-corrected chi connectivity index (χ4v) is 3.46. The van der Waals surface area contributed by atoms with Crippen LogP contribution in [-0.2, 0) is 4.74 Å². The van der Waals surface area contributed by atoms with Gasteiger partial charge in [0.2, 0.25) is 0 Å². The highest BCUT2D eigenvalue weighted by molar-refractivity contribution is 7.17. The van der Waals surface area contributed by atoms with Gasteiger partial charge in [0.15, 0.2) is 0 Å². The average molecular weight is 335 g/mol. The molecule has 0 aromatic carbocycles. The molecule has 0 amide bonds. The summed E-state index contributed by atoms with van der Waals surface area (Å²) in [5.74, 6) is 1.54. The molecule has 23 heavy (non-hydrogen) atoms. The fourth-order valence-electron chi connectivity index (χ4n) is 2.59. The van der Waals surface area contributed by atoms with Crippen LogP contribution in [0.1, 0.15) is 45.0 Å². The van der Waals surface area contributed by atoms with Crippen LogP contribution >= 0.6 is 11.3 Å². The third kappa shape index (κ3) is 4.19. The van der Waals surface area contributed by atoms with Gasteiger partial charge in [-0.25, -0.2) is 14.8 Å². The Kier molecular flexibility index (Phi) is 5.93. The molecule has 2 aromatic heterocycles. The molecule has 2 rings (SSSR count). The molecule has 0 bridgehead atoms. The van der Waals surface area contributed by atoms with Gasteiger partial charge in [-0.15, -0.1) is 11.3 Å². The monoisotopic (exact) mass is 335 g/mol. The van der Waals surface area contributed by atoms with Crippen LogP contribution in [0.3, 0.4) is 0 Å². The first-order valence-corrected chi connectivity index (χ1v) is 8.96. The van der Waals surface area contributed by atoms with E-state index in [0.717, 1.165) is 29.1 Å². The highest BCUT2D eigenvalue weighted by Crippen LogP contribution is 2.32. The van der Waals surface area contributed by atoms with Crippen LogP contribution < -0.4 is 4.90 Å². The first kappa shape index (κ1) is 17.7. The Bertz CT molecular complexity index is 657. The van der Waals surface area contributed by atoms with Crippen molar-refractivity contribution in [2.24, 2.45) is 11.8 Å². The molecule has 0 fully saturated rings. The Hall–Kier alpha value is -1.69. The summed E-state index contributed by atoms with van der Waals surface area (Å²) in [6.45, 7) is 12.7. The molecule has 2 aromatic rings. The Balaban J connectivity index is 2.52. The van der Waals surface area contributed by atoms with Crippen LogP contribution in [0.4, 0.5) is 5.82 Å². The van der Waals surface area contributed by atoms with Crippen LogP contribution in [0.25, 0.3) is 10.2 Å². The second-order valence-corrected chi connectivity index (χ2v) is 7.30. The average Bonchev–Trinajstić information content (AvgIpc) is 2.89. The van der Waals surface area contributed by atoms with E-state index in [0.29, 0.717) is 24.0 Å². The van der Waals surface area contributed by atoms with Gasteiger partial charge < -0.3 is 9.64 Å². The summed E-state index contributed by atoms with van der Waals surface area (Å²) in [6.07, 6.45) is 1.58. The minimum absolute atomic E-state index is 0.302. The molecule has 5 nitrogen and oxygen atoms in total. The van der Waals surface area contributed by atoms with Gasteiger partial charge in [-0.2, -0.15) is 0 Å². The Labute approximate surface area is 141 Å². The van der Waals surface area contributed by atoms with Crippen LogP contribution in [0.2, 0.25) is 0 Å². The Morgan fingerprint density at radius 2 is 1.87 bits per heavy atom. The molecule has 0 aliphatic rings. The van der Waals surface area contributed by atoms with Crippen molar-refractivity contribution in [1.29, 1.82) is 0 Å². The van der Waals surface area contributed by atoms with Crippen molar-refractivity contribution in [2.75, 3.05) is 24.6 Å². The van der Waals surface area contributed by atoms with Gasteiger partial charge in [-0.05, 0) is 18.8 Å². The van der Waals surface area contributed by atoms with Crippen molar-refractivity contribution in [3.63, 3.8) is 0 Å². The molecule has 0 spiro atoms. The Morgan fingerprint density at radius 3 is 2.43 bits per heavy atom. The molecule has 0 unspecified atom stereocenters. The van der Waals surface area contributed by atoms with E-state index >= 15 is 0 Å². The van der Waals surface area contributed by atoms with E-state index in [2.05, 4.69) is 42.6 Å². The van der Waals surface area contributed by atoms with Gasteiger partial charge in [0.1, 0.15) is 17.0 Å². The highest BCUT2D eigenvalue weighted by Gasteiger charge is 2.22. The quantitative estimate of drug-likeness (QED) is 0.716. The second-order valence-electron chi connectivity index (χ2n) is 6.44. The first-order valence-electron chi connectivity index (χ1n) is 8.08. The molecule has 0 radical (unpaired) electrons. The Morgan fingerprint density at radius 1 is 1.22 bits per heavy atom. The van der Waals surface area contributed by atoms with Crippen molar-refractivity contribution in [2.45, 2.75) is 34.6 Å². The number of nitrogens with zero attached hydrogens (tertiary/aromatic N) is 3. The van der Waals surface area contributed by atoms with Crippen molar-refractivity contribution >= 4 is 33.3 Å². The summed E-state index contributed by atoms with van der Waals surface area (Å²) in [5, 5.41) is 2.64. The predicted octanol–water partition coefficient (Wildman–Crippen LogP) is 3.99. The van der Waals surface area contributed by atoms with Gasteiger partial charge in [0, 0.05) is 18.5 Å². The van der Waals surface area contributed by atoms with Crippen LogP contribution in [0.5, 0.6) is 0 Å². The largest absolute Gasteiger partial charge is 0.462 e. The van der Waals surface area contributed by atoms with Gasteiger partial charge in [-0.3, -0.25) is 0 Å². The number of fused-ring (bicyclic) bond motifs is 1. The normalized spacial score (nSPS) is 11.4. The summed E-state index contributed by atoms with van der Waals surface area (Å²) in [6, 6.07) is 0. The summed E-state index contributed by atoms with van der Waals surface area (Å²) in [7, 11) is 0. The van der Waals surface area contributed by atoms with E-state index < -0.39 is 0 Å². The third-order valence-corrected chi connectivity index (χ3v) is 4.20. The summed E-state index contributed by atoms with van der Waals surface area (Å²) >= 11 is 1.46. The second kappa shape index (κ2) is 7.73. The van der Waals surface area contributed by atoms with E-state index in [4.69, 9.17) is 4.74 Å². The topological polar surface area (TPSA) is 55.3 Å². The predicted molar refractivity (Wildman–Crippen MR) is 95.3 cm³/mol. The lowest BCUT2D eigenvalue weighted by Gasteiger charge is -2.28. The zero-order valence-electron chi connectivity index (χ0n) is 14.5. The fraction of sp³-hybridized carbons (Fsp3) is 0.588. The van der Waals surface area contributed by atoms with E-state index in [9.17, 15) is 4.79 Å². The maximum atomic E-state index is 12.2. The summed E-state index contributed by atoms with van der Waals surface area (Å²) < 4.78 is 5.18. The highest BCUT2D eigenvalue weighted by atomic mass is 32.1. The van der Waals surface area contributed by atoms with Crippen LogP contribution in [0.15, 0.2) is 11.7 Å². The minimum atomic E-state index is -0.302. The van der Waals surface area contributed by atoms with Crippen LogP contribution in [0, 0.1) is 11.8 Å². The number of anilines is 1. The third-order valence-electron chi connectivity index (χ3n) is 3.32. The number of ether oxygens (including phenoxy) is 1. The van der Waals surface area contributed by atoms with Gasteiger partial charge in [-0.1, -0.05) is 27.7 Å². The molecule has 6 heteroatoms. The molecule has 0 aliphatic heterocycles. The number of thiophene rings is 1. The van der Waals surface area contributed by atoms with E-state index in [-0.39, 0.29) is 5.97 Å². The number of carbonyl (C=O) groups is 1. The molecule has 0 aliphatic carbocycles. The molecular formula is C17H25N3O2S. The maximum Gasteiger partial charge on any atom is 0.339 e. The first-order chi connectivity index (χ1) is 10.9. The lowest BCUT2D eigenvalue weighted by molar-refractivity contribution is 0.0529. The summed E-state index contributed by atoms with van der Waals surface area (Å²) in [4.78, 5) is 24.2. The number of hydrogen-bond donors (Lipinski definition) is 0. The molecule has 0 saturated heterocycles. The number of esters is 1. The number of rotatable bonds is 7. The van der Waals surface area contributed by atoms with Gasteiger partial charge in [0.05, 0.1) is 17.6 Å². The van der Waals surface area contributed by atoms with E-state index in [1.54, 1.807) is 6.33 Å². The van der Waals surface area contributed by atoms with Gasteiger partial charge in [0.25, 0.3) is 0 Å². The zero-order valence-corrected chi connectivity index (χ0v) is 15.3. The minimum Gasteiger partial charge on any atom is -0.462 e. The molecule has 0 atom stereocenters. The number of carbonyl (C=O) groups excluding carboxylic acids is 1. The van der Waals surface area contributed by atoms with E-state index in [1.807, 2.05) is 12.3 Å². The van der Waals surface area contributed by atoms with Gasteiger partial charge >= 0.3 is 5.97 Å². The standard InChI is InChI=1S/C17H25N3O2S/c1-6-22-17(21)13-9-23-16-14(13)15(18-10-19-16)20(7-11(2)3)8-12(4)5/h9-12H,6-8H2,1-5H3. The van der Waals surface area contributed by atoms with Crippen LogP contribution in [-0.4, -0.2) is 35.6 Å².